The molecule has 2 heteroatoms. The molecular formula is C18H22NSe. The van der Waals surface area contributed by atoms with E-state index < -0.39 is 0 Å². The topological polar surface area (TPSA) is 3.24 Å². The fourth-order valence-corrected chi connectivity index (χ4v) is 4.06. The average Bonchev–Trinajstić information content (AvgIpc) is 2.92. The van der Waals surface area contributed by atoms with E-state index in [2.05, 4.69) is 87.7 Å². The van der Waals surface area contributed by atoms with Crippen LogP contribution in [0.1, 0.15) is 12.5 Å². The van der Waals surface area contributed by atoms with Gasteiger partial charge in [0.05, 0.1) is 0 Å². The molecule has 1 fully saturated rings. The Morgan fingerprint density at radius 3 is 2.60 bits per heavy atom. The zero-order valence-electron chi connectivity index (χ0n) is 12.4. The maximum absolute atomic E-state index is 2.30. The second-order valence-corrected chi connectivity index (χ2v) is 7.34. The summed E-state index contributed by atoms with van der Waals surface area (Å²) in [5.41, 5.74) is 1.28. The Labute approximate surface area is 130 Å². The number of allylic oxidation sites excluding steroid dienone is 1. The molecule has 1 saturated carbocycles. The Balaban J connectivity index is 1.80. The van der Waals surface area contributed by atoms with Gasteiger partial charge in [-0.25, -0.2) is 0 Å². The van der Waals surface area contributed by atoms with Gasteiger partial charge in [0.15, 0.2) is 0 Å². The summed E-state index contributed by atoms with van der Waals surface area (Å²) in [6, 6.07) is 11.0. The predicted molar refractivity (Wildman–Crippen MR) is 88.6 cm³/mol. The van der Waals surface area contributed by atoms with Gasteiger partial charge in [0.2, 0.25) is 0 Å². The molecule has 5 radical (unpaired) electrons. The summed E-state index contributed by atoms with van der Waals surface area (Å²) in [6.07, 6.45) is 11.3. The van der Waals surface area contributed by atoms with Crippen LogP contribution < -0.4 is 0 Å². The molecule has 1 nitrogen and oxygen atoms in total. The van der Waals surface area contributed by atoms with Gasteiger partial charge in [0.25, 0.3) is 0 Å². The third kappa shape index (κ3) is 4.48. The second-order valence-electron chi connectivity index (χ2n) is 5.11. The van der Waals surface area contributed by atoms with Gasteiger partial charge in [0.1, 0.15) is 0 Å². The van der Waals surface area contributed by atoms with Crippen molar-refractivity contribution in [1.82, 2.24) is 4.90 Å². The van der Waals surface area contributed by atoms with Crippen LogP contribution in [-0.4, -0.2) is 40.0 Å². The summed E-state index contributed by atoms with van der Waals surface area (Å²) >= 11 is 0.522. The van der Waals surface area contributed by atoms with Crippen LogP contribution in [0.15, 0.2) is 36.4 Å². The summed E-state index contributed by atoms with van der Waals surface area (Å²) in [6.45, 7) is 2.27. The first-order valence-electron chi connectivity index (χ1n) is 6.95. The molecule has 0 bridgehead atoms. The van der Waals surface area contributed by atoms with Crippen molar-refractivity contribution < 1.29 is 0 Å². The van der Waals surface area contributed by atoms with Gasteiger partial charge in [-0.3, -0.25) is 0 Å². The fraction of sp³-hybridized carbons (Fsp3) is 0.278. The SMILES string of the molecule is C[C@@H]([C]1[CH][CH][CH][C]1[Se]C/C=C/c1ccccc1)N(C)C. The molecule has 0 N–H and O–H groups in total. The number of nitrogens with zero attached hydrogens (tertiary/aromatic N) is 1. The van der Waals surface area contributed by atoms with Crippen molar-refractivity contribution >= 4 is 21.0 Å². The quantitative estimate of drug-likeness (QED) is 0.721. The summed E-state index contributed by atoms with van der Waals surface area (Å²) < 4.78 is 0. The molecule has 20 heavy (non-hydrogen) atoms. The molecule has 2 rings (SSSR count). The number of rotatable bonds is 6. The van der Waals surface area contributed by atoms with E-state index in [4.69, 9.17) is 0 Å². The van der Waals surface area contributed by atoms with Crippen molar-refractivity contribution in [2.24, 2.45) is 0 Å². The molecule has 0 unspecified atom stereocenters. The summed E-state index contributed by atoms with van der Waals surface area (Å²) in [7, 11) is 4.29. The first-order chi connectivity index (χ1) is 9.68. The van der Waals surface area contributed by atoms with Crippen molar-refractivity contribution in [2.45, 2.75) is 18.3 Å². The van der Waals surface area contributed by atoms with Crippen molar-refractivity contribution in [3.8, 4) is 0 Å². The van der Waals surface area contributed by atoms with Crippen LogP contribution in [0.4, 0.5) is 0 Å². The molecule has 0 aromatic heterocycles. The van der Waals surface area contributed by atoms with Gasteiger partial charge in [-0.15, -0.1) is 0 Å². The zero-order chi connectivity index (χ0) is 14.4. The molecule has 0 saturated heterocycles. The minimum absolute atomic E-state index is 0.500. The molecule has 1 atom stereocenters. The molecule has 1 aromatic rings. The maximum atomic E-state index is 2.30. The van der Waals surface area contributed by atoms with Crippen molar-refractivity contribution in [3.05, 3.63) is 72.0 Å². The van der Waals surface area contributed by atoms with E-state index in [-0.39, 0.29) is 0 Å². The Kier molecular flexibility index (Phi) is 6.35. The number of benzene rings is 1. The fourth-order valence-electron chi connectivity index (χ4n) is 2.06. The molecule has 1 aliphatic carbocycles. The molecule has 0 aliphatic heterocycles. The summed E-state index contributed by atoms with van der Waals surface area (Å²) in [4.78, 5) is 3.81. The zero-order valence-corrected chi connectivity index (χ0v) is 14.1. The first kappa shape index (κ1) is 15.8. The van der Waals surface area contributed by atoms with Crippen LogP contribution in [0.25, 0.3) is 6.08 Å². The summed E-state index contributed by atoms with van der Waals surface area (Å²) in [5.74, 6) is 1.49. The predicted octanol–water partition coefficient (Wildman–Crippen LogP) is 3.51. The van der Waals surface area contributed by atoms with Gasteiger partial charge >= 0.3 is 130 Å². The van der Waals surface area contributed by atoms with Gasteiger partial charge < -0.3 is 0 Å². The van der Waals surface area contributed by atoms with E-state index in [0.717, 1.165) is 5.32 Å². The van der Waals surface area contributed by atoms with E-state index >= 15 is 0 Å². The molecule has 0 heterocycles. The Morgan fingerprint density at radius 1 is 1.15 bits per heavy atom. The van der Waals surface area contributed by atoms with Gasteiger partial charge in [-0.1, -0.05) is 0 Å². The minimum atomic E-state index is 0.500. The first-order valence-corrected chi connectivity index (χ1v) is 9.01. The van der Waals surface area contributed by atoms with Gasteiger partial charge in [-0.2, -0.15) is 0 Å². The second kappa shape index (κ2) is 8.02. The molecule has 0 spiro atoms. The Bertz CT molecular complexity index is 413. The van der Waals surface area contributed by atoms with Crippen LogP contribution in [0, 0.1) is 30.0 Å². The number of hydrogen-bond donors (Lipinski definition) is 0. The van der Waals surface area contributed by atoms with E-state index in [1.54, 1.807) is 0 Å². The Hall–Kier alpha value is -0.561. The Morgan fingerprint density at radius 2 is 1.90 bits per heavy atom. The average molecular weight is 331 g/mol. The van der Waals surface area contributed by atoms with Gasteiger partial charge in [0, 0.05) is 0 Å². The molecule has 1 aliphatic rings. The van der Waals surface area contributed by atoms with Crippen molar-refractivity contribution in [2.75, 3.05) is 14.1 Å². The molecule has 105 valence electrons. The van der Waals surface area contributed by atoms with E-state index in [0.29, 0.717) is 21.0 Å². The van der Waals surface area contributed by atoms with Gasteiger partial charge in [-0.05, 0) is 0 Å². The van der Waals surface area contributed by atoms with Crippen LogP contribution >= 0.6 is 0 Å². The molecule has 0 amide bonds. The van der Waals surface area contributed by atoms with E-state index in [9.17, 15) is 0 Å². The van der Waals surface area contributed by atoms with Crippen molar-refractivity contribution in [1.29, 1.82) is 0 Å². The normalized spacial score (nSPS) is 19.2. The third-order valence-corrected chi connectivity index (χ3v) is 5.66. The van der Waals surface area contributed by atoms with Crippen LogP contribution in [0.5, 0.6) is 0 Å². The molecule has 1 aromatic carbocycles. The third-order valence-electron chi connectivity index (χ3n) is 3.48. The van der Waals surface area contributed by atoms with Crippen molar-refractivity contribution in [3.63, 3.8) is 0 Å². The van der Waals surface area contributed by atoms with Crippen LogP contribution in [0.3, 0.4) is 0 Å². The standard InChI is InChI=1S/C18H22NSe/c1-15(19(2)3)17-12-7-13-18(17)20-14-8-11-16-9-5-4-6-10-16/h4-13,15H,14H2,1-3H3/b11-8+/t15-/m0/s1. The van der Waals surface area contributed by atoms with Crippen LogP contribution in [-0.2, 0) is 0 Å². The number of hydrogen-bond acceptors (Lipinski definition) is 1. The monoisotopic (exact) mass is 332 g/mol. The molecular weight excluding hydrogens is 309 g/mol. The van der Waals surface area contributed by atoms with E-state index in [1.807, 2.05) is 0 Å². The van der Waals surface area contributed by atoms with E-state index in [1.165, 1.54) is 16.3 Å². The van der Waals surface area contributed by atoms with Crippen LogP contribution in [0.2, 0.25) is 5.32 Å². The summed E-state index contributed by atoms with van der Waals surface area (Å²) in [5, 5.41) is 1.15.